The highest BCUT2D eigenvalue weighted by Crippen LogP contribution is 2.11. The Hall–Kier alpha value is -1.46. The molecule has 2 heterocycles. The van der Waals surface area contributed by atoms with E-state index in [-0.39, 0.29) is 6.04 Å². The molecular weight excluding hydrogens is 192 g/mol. The van der Waals surface area contributed by atoms with Crippen LogP contribution in [0.2, 0.25) is 0 Å². The molecule has 0 bridgehead atoms. The highest BCUT2D eigenvalue weighted by atomic mass is 16.5. The van der Waals surface area contributed by atoms with Gasteiger partial charge in [-0.1, -0.05) is 0 Å². The van der Waals surface area contributed by atoms with Crippen LogP contribution in [-0.2, 0) is 4.74 Å². The van der Waals surface area contributed by atoms with Crippen LogP contribution in [0.1, 0.15) is 17.4 Å². The number of fused-ring (bicyclic) bond motifs is 1. The number of rotatable bonds is 3. The lowest BCUT2D eigenvalue weighted by Crippen LogP contribution is -2.19. The van der Waals surface area contributed by atoms with E-state index in [1.807, 2.05) is 29.7 Å². The average Bonchev–Trinajstić information content (AvgIpc) is 2.60. The Bertz CT molecular complexity index is 465. The molecule has 0 aliphatic heterocycles. The van der Waals surface area contributed by atoms with Crippen LogP contribution in [0.15, 0.2) is 18.3 Å². The quantitative estimate of drug-likeness (QED) is 0.802. The van der Waals surface area contributed by atoms with E-state index in [1.54, 1.807) is 7.11 Å². The van der Waals surface area contributed by atoms with Crippen LogP contribution >= 0.6 is 0 Å². The first kappa shape index (κ1) is 10.1. The summed E-state index contributed by atoms with van der Waals surface area (Å²) < 4.78 is 6.88. The van der Waals surface area contributed by atoms with Gasteiger partial charge in [-0.15, -0.1) is 10.2 Å². The maximum Gasteiger partial charge on any atom is 0.161 e. The van der Waals surface area contributed by atoms with E-state index in [4.69, 9.17) is 10.5 Å². The van der Waals surface area contributed by atoms with Crippen molar-refractivity contribution in [3.8, 4) is 0 Å². The fourth-order valence-corrected chi connectivity index (χ4v) is 1.52. The molecule has 0 fully saturated rings. The van der Waals surface area contributed by atoms with Gasteiger partial charge in [0, 0.05) is 13.3 Å². The van der Waals surface area contributed by atoms with Gasteiger partial charge in [-0.3, -0.25) is 4.40 Å². The third-order valence-corrected chi connectivity index (χ3v) is 2.27. The number of nitrogens with two attached hydrogens (primary N) is 1. The Balaban J connectivity index is 2.44. The summed E-state index contributed by atoms with van der Waals surface area (Å²) in [5.41, 5.74) is 7.88. The fraction of sp³-hybridized carbons (Fsp3) is 0.400. The van der Waals surface area contributed by atoms with Gasteiger partial charge in [0.1, 0.15) is 0 Å². The minimum Gasteiger partial charge on any atom is -0.383 e. The van der Waals surface area contributed by atoms with Gasteiger partial charge in [-0.2, -0.15) is 0 Å². The first-order valence-corrected chi connectivity index (χ1v) is 4.78. The molecule has 2 N–H and O–H groups in total. The predicted octanol–water partition coefficient (Wildman–Crippen LogP) is 0.684. The van der Waals surface area contributed by atoms with Crippen molar-refractivity contribution in [1.29, 1.82) is 0 Å². The maximum atomic E-state index is 5.91. The summed E-state index contributed by atoms with van der Waals surface area (Å²) in [7, 11) is 1.62. The van der Waals surface area contributed by atoms with Gasteiger partial charge in [-0.05, 0) is 24.6 Å². The molecular formula is C10H14N4O. The summed E-state index contributed by atoms with van der Waals surface area (Å²) in [4.78, 5) is 0. The normalized spacial score (nSPS) is 13.3. The zero-order chi connectivity index (χ0) is 10.8. The Morgan fingerprint density at radius 1 is 1.53 bits per heavy atom. The third-order valence-electron chi connectivity index (χ3n) is 2.27. The monoisotopic (exact) mass is 206 g/mol. The van der Waals surface area contributed by atoms with Gasteiger partial charge in [0.15, 0.2) is 11.5 Å². The van der Waals surface area contributed by atoms with Crippen molar-refractivity contribution in [2.45, 2.75) is 13.0 Å². The fourth-order valence-electron chi connectivity index (χ4n) is 1.52. The molecule has 0 spiro atoms. The molecule has 1 atom stereocenters. The van der Waals surface area contributed by atoms with E-state index in [9.17, 15) is 0 Å². The smallest absolute Gasteiger partial charge is 0.161 e. The van der Waals surface area contributed by atoms with E-state index < -0.39 is 0 Å². The topological polar surface area (TPSA) is 65.4 Å². The number of aryl methyl sites for hydroxylation is 1. The number of nitrogens with zero attached hydrogens (tertiary/aromatic N) is 3. The van der Waals surface area contributed by atoms with E-state index in [2.05, 4.69) is 10.2 Å². The molecule has 5 nitrogen and oxygen atoms in total. The number of hydrogen-bond acceptors (Lipinski definition) is 4. The first-order chi connectivity index (χ1) is 7.22. The van der Waals surface area contributed by atoms with Gasteiger partial charge < -0.3 is 10.5 Å². The van der Waals surface area contributed by atoms with Crippen LogP contribution in [0, 0.1) is 6.92 Å². The summed E-state index contributed by atoms with van der Waals surface area (Å²) in [5.74, 6) is 0.729. The summed E-state index contributed by atoms with van der Waals surface area (Å²) in [6, 6.07) is 3.72. The van der Waals surface area contributed by atoms with E-state index in [0.29, 0.717) is 6.61 Å². The zero-order valence-corrected chi connectivity index (χ0v) is 8.84. The van der Waals surface area contributed by atoms with Crippen molar-refractivity contribution in [3.63, 3.8) is 0 Å². The number of methoxy groups -OCH3 is 1. The Labute approximate surface area is 87.9 Å². The molecule has 5 heteroatoms. The molecule has 0 amide bonds. The minimum atomic E-state index is -0.243. The Morgan fingerprint density at radius 2 is 2.33 bits per heavy atom. The van der Waals surface area contributed by atoms with Gasteiger partial charge >= 0.3 is 0 Å². The molecule has 1 unspecified atom stereocenters. The first-order valence-electron chi connectivity index (χ1n) is 4.78. The average molecular weight is 206 g/mol. The molecule has 0 saturated heterocycles. The highest BCUT2D eigenvalue weighted by Gasteiger charge is 2.13. The van der Waals surface area contributed by atoms with Crippen molar-refractivity contribution >= 4 is 5.65 Å². The summed E-state index contributed by atoms with van der Waals surface area (Å²) in [6.45, 7) is 2.46. The van der Waals surface area contributed by atoms with Crippen molar-refractivity contribution in [1.82, 2.24) is 14.6 Å². The molecule has 2 aromatic heterocycles. The van der Waals surface area contributed by atoms with E-state index in [1.165, 1.54) is 0 Å². The Kier molecular flexibility index (Phi) is 2.66. The zero-order valence-electron chi connectivity index (χ0n) is 8.84. The lowest BCUT2D eigenvalue weighted by molar-refractivity contribution is 0.178. The summed E-state index contributed by atoms with van der Waals surface area (Å²) in [6.07, 6.45) is 1.93. The third kappa shape index (κ3) is 1.84. The standard InChI is InChI=1S/C10H14N4O/c1-7-3-4-14-9(5-7)12-13-10(14)8(11)6-15-2/h3-5,8H,6,11H2,1-2H3. The number of hydrogen-bond donors (Lipinski definition) is 1. The molecule has 0 saturated carbocycles. The second kappa shape index (κ2) is 3.96. The predicted molar refractivity (Wildman–Crippen MR) is 56.5 cm³/mol. The molecule has 2 rings (SSSR count). The van der Waals surface area contributed by atoms with Gasteiger partial charge in [0.05, 0.1) is 12.6 Å². The second-order valence-electron chi connectivity index (χ2n) is 3.55. The summed E-state index contributed by atoms with van der Waals surface area (Å²) >= 11 is 0. The van der Waals surface area contributed by atoms with Crippen LogP contribution < -0.4 is 5.73 Å². The van der Waals surface area contributed by atoms with Gasteiger partial charge in [0.25, 0.3) is 0 Å². The van der Waals surface area contributed by atoms with Crippen molar-refractivity contribution in [2.75, 3.05) is 13.7 Å². The maximum absolute atomic E-state index is 5.91. The van der Waals surface area contributed by atoms with E-state index in [0.717, 1.165) is 17.0 Å². The van der Waals surface area contributed by atoms with E-state index >= 15 is 0 Å². The molecule has 80 valence electrons. The number of ether oxygens (including phenoxy) is 1. The van der Waals surface area contributed by atoms with Gasteiger partial charge in [-0.25, -0.2) is 0 Å². The molecule has 0 aliphatic rings. The molecule has 2 aromatic rings. The summed E-state index contributed by atoms with van der Waals surface area (Å²) in [5, 5.41) is 8.12. The van der Waals surface area contributed by atoms with Gasteiger partial charge in [0.2, 0.25) is 0 Å². The van der Waals surface area contributed by atoms with Crippen LogP contribution in [-0.4, -0.2) is 28.3 Å². The van der Waals surface area contributed by atoms with Crippen LogP contribution in [0.5, 0.6) is 0 Å². The molecule has 0 aromatic carbocycles. The van der Waals surface area contributed by atoms with Crippen molar-refractivity contribution in [2.24, 2.45) is 5.73 Å². The van der Waals surface area contributed by atoms with Crippen LogP contribution in [0.25, 0.3) is 5.65 Å². The Morgan fingerprint density at radius 3 is 3.07 bits per heavy atom. The van der Waals surface area contributed by atoms with Crippen LogP contribution in [0.4, 0.5) is 0 Å². The molecule has 0 aliphatic carbocycles. The number of pyridine rings is 1. The minimum absolute atomic E-state index is 0.243. The van der Waals surface area contributed by atoms with Crippen molar-refractivity contribution in [3.05, 3.63) is 29.7 Å². The molecule has 0 radical (unpaired) electrons. The van der Waals surface area contributed by atoms with Crippen LogP contribution in [0.3, 0.4) is 0 Å². The lowest BCUT2D eigenvalue weighted by atomic mass is 10.3. The lowest BCUT2D eigenvalue weighted by Gasteiger charge is -2.07. The molecule has 15 heavy (non-hydrogen) atoms. The van der Waals surface area contributed by atoms with Crippen molar-refractivity contribution < 1.29 is 4.74 Å². The SMILES string of the molecule is COCC(N)c1nnc2cc(C)ccn12. The largest absolute Gasteiger partial charge is 0.383 e. The highest BCUT2D eigenvalue weighted by molar-refractivity contribution is 5.41. The number of aromatic nitrogens is 3. The second-order valence-corrected chi connectivity index (χ2v) is 3.55.